The second kappa shape index (κ2) is 6.40. The Morgan fingerprint density at radius 3 is 2.93 bits per heavy atom. The summed E-state index contributed by atoms with van der Waals surface area (Å²) in [4.78, 5) is 4.07. The van der Waals surface area contributed by atoms with Crippen LogP contribution in [0.15, 0.2) is 18.5 Å². The first kappa shape index (κ1) is 12.0. The van der Waals surface area contributed by atoms with E-state index in [-0.39, 0.29) is 0 Å². The maximum atomic E-state index is 5.70. The third kappa shape index (κ3) is 4.30. The lowest BCUT2D eigenvalue weighted by Gasteiger charge is -2.11. The number of hydrogen-bond acceptors (Lipinski definition) is 3. The van der Waals surface area contributed by atoms with E-state index < -0.39 is 0 Å². The molecule has 0 aliphatic rings. The van der Waals surface area contributed by atoms with Crippen LogP contribution in [0.5, 0.6) is 5.75 Å². The largest absolute Gasteiger partial charge is 0.492 e. The molecular weight excluding hydrogens is 188 g/mol. The van der Waals surface area contributed by atoms with Crippen LogP contribution < -0.4 is 10.1 Å². The van der Waals surface area contributed by atoms with E-state index in [0.29, 0.717) is 5.92 Å². The van der Waals surface area contributed by atoms with Crippen molar-refractivity contribution in [2.24, 2.45) is 5.92 Å². The maximum absolute atomic E-state index is 5.70. The van der Waals surface area contributed by atoms with Crippen LogP contribution in [-0.2, 0) is 6.54 Å². The number of ether oxygens (including phenoxy) is 1. The zero-order chi connectivity index (χ0) is 11.1. The summed E-state index contributed by atoms with van der Waals surface area (Å²) >= 11 is 0. The minimum atomic E-state index is 0.675. The van der Waals surface area contributed by atoms with E-state index in [9.17, 15) is 0 Å². The van der Waals surface area contributed by atoms with E-state index in [4.69, 9.17) is 4.74 Å². The molecule has 0 radical (unpaired) electrons. The average Bonchev–Trinajstić information content (AvgIpc) is 2.20. The third-order valence-electron chi connectivity index (χ3n) is 2.19. The molecule has 1 rings (SSSR count). The van der Waals surface area contributed by atoms with Gasteiger partial charge in [-0.1, -0.05) is 13.8 Å². The molecule has 0 amide bonds. The van der Waals surface area contributed by atoms with E-state index in [2.05, 4.69) is 24.1 Å². The van der Waals surface area contributed by atoms with Crippen molar-refractivity contribution in [3.63, 3.8) is 0 Å². The molecule has 1 aromatic rings. The van der Waals surface area contributed by atoms with Crippen LogP contribution in [0.4, 0.5) is 0 Å². The summed E-state index contributed by atoms with van der Waals surface area (Å²) in [5.74, 6) is 1.57. The number of aromatic nitrogens is 1. The van der Waals surface area contributed by atoms with Crippen LogP contribution in [-0.4, -0.2) is 18.6 Å². The van der Waals surface area contributed by atoms with Crippen LogP contribution >= 0.6 is 0 Å². The minimum Gasteiger partial charge on any atom is -0.492 e. The summed E-state index contributed by atoms with van der Waals surface area (Å²) in [6.07, 6.45) is 4.66. The van der Waals surface area contributed by atoms with Crippen LogP contribution in [0.25, 0.3) is 0 Å². The topological polar surface area (TPSA) is 34.2 Å². The standard InChI is InChI=1S/C12H20N2O/c1-10(2)5-7-15-12-9-14-6-4-11(12)8-13-3/h4,6,9-10,13H,5,7-8H2,1-3H3. The Labute approximate surface area is 91.9 Å². The van der Waals surface area contributed by atoms with E-state index >= 15 is 0 Å². The SMILES string of the molecule is CNCc1ccncc1OCCC(C)C. The van der Waals surface area contributed by atoms with Crippen molar-refractivity contribution in [2.45, 2.75) is 26.8 Å². The van der Waals surface area contributed by atoms with Gasteiger partial charge >= 0.3 is 0 Å². The molecule has 0 unspecified atom stereocenters. The predicted molar refractivity (Wildman–Crippen MR) is 62.0 cm³/mol. The van der Waals surface area contributed by atoms with E-state index in [1.165, 1.54) is 0 Å². The molecule has 84 valence electrons. The minimum absolute atomic E-state index is 0.675. The molecule has 0 atom stereocenters. The first-order chi connectivity index (χ1) is 7.24. The van der Waals surface area contributed by atoms with Crippen molar-refractivity contribution in [2.75, 3.05) is 13.7 Å². The van der Waals surface area contributed by atoms with Crippen LogP contribution in [0.1, 0.15) is 25.8 Å². The lowest BCUT2D eigenvalue weighted by molar-refractivity contribution is 0.285. The molecule has 3 nitrogen and oxygen atoms in total. The molecule has 1 aromatic heterocycles. The van der Waals surface area contributed by atoms with Gasteiger partial charge in [0.25, 0.3) is 0 Å². The number of pyridine rings is 1. The van der Waals surface area contributed by atoms with Crippen molar-refractivity contribution >= 4 is 0 Å². The summed E-state index contributed by atoms with van der Waals surface area (Å²) in [7, 11) is 1.93. The number of hydrogen-bond donors (Lipinski definition) is 1. The van der Waals surface area contributed by atoms with Gasteiger partial charge in [-0.2, -0.15) is 0 Å². The van der Waals surface area contributed by atoms with Gasteiger partial charge < -0.3 is 10.1 Å². The molecule has 0 bridgehead atoms. The summed E-state index contributed by atoms with van der Waals surface area (Å²) in [6.45, 7) is 5.97. The highest BCUT2D eigenvalue weighted by Crippen LogP contribution is 2.16. The van der Waals surface area contributed by atoms with E-state index in [1.807, 2.05) is 13.1 Å². The first-order valence-corrected chi connectivity index (χ1v) is 5.44. The molecule has 0 saturated carbocycles. The second-order valence-electron chi connectivity index (χ2n) is 4.04. The monoisotopic (exact) mass is 208 g/mol. The van der Waals surface area contributed by atoms with E-state index in [1.54, 1.807) is 12.4 Å². The summed E-state index contributed by atoms with van der Waals surface area (Å²) < 4.78 is 5.70. The van der Waals surface area contributed by atoms with Crippen molar-refractivity contribution < 1.29 is 4.74 Å². The van der Waals surface area contributed by atoms with E-state index in [0.717, 1.165) is 30.9 Å². The Morgan fingerprint density at radius 1 is 1.47 bits per heavy atom. The highest BCUT2D eigenvalue weighted by Gasteiger charge is 2.02. The molecule has 1 heterocycles. The molecule has 1 N–H and O–H groups in total. The fourth-order valence-electron chi connectivity index (χ4n) is 1.28. The van der Waals surface area contributed by atoms with Gasteiger partial charge in [0.15, 0.2) is 0 Å². The molecule has 0 saturated heterocycles. The smallest absolute Gasteiger partial charge is 0.142 e. The normalized spacial score (nSPS) is 10.7. The highest BCUT2D eigenvalue weighted by molar-refractivity contribution is 5.29. The fraction of sp³-hybridized carbons (Fsp3) is 0.583. The Hall–Kier alpha value is -1.09. The van der Waals surface area contributed by atoms with Crippen LogP contribution in [0.3, 0.4) is 0 Å². The van der Waals surface area contributed by atoms with Crippen molar-refractivity contribution in [3.05, 3.63) is 24.0 Å². The summed E-state index contributed by atoms with van der Waals surface area (Å²) in [5.41, 5.74) is 1.16. The average molecular weight is 208 g/mol. The van der Waals surface area contributed by atoms with Gasteiger partial charge in [-0.15, -0.1) is 0 Å². The molecule has 3 heteroatoms. The lowest BCUT2D eigenvalue weighted by Crippen LogP contribution is -2.09. The molecule has 0 aliphatic carbocycles. The number of nitrogens with zero attached hydrogens (tertiary/aromatic N) is 1. The number of rotatable bonds is 6. The highest BCUT2D eigenvalue weighted by atomic mass is 16.5. The van der Waals surface area contributed by atoms with Gasteiger partial charge in [0.1, 0.15) is 5.75 Å². The Bertz CT molecular complexity index is 287. The van der Waals surface area contributed by atoms with Gasteiger partial charge in [-0.05, 0) is 25.5 Å². The summed E-state index contributed by atoms with van der Waals surface area (Å²) in [6, 6.07) is 1.99. The molecule has 0 spiro atoms. The Balaban J connectivity index is 2.51. The lowest BCUT2D eigenvalue weighted by atomic mass is 10.1. The van der Waals surface area contributed by atoms with Crippen molar-refractivity contribution in [1.82, 2.24) is 10.3 Å². The molecular formula is C12H20N2O. The molecule has 0 fully saturated rings. The maximum Gasteiger partial charge on any atom is 0.142 e. The van der Waals surface area contributed by atoms with Gasteiger partial charge in [-0.3, -0.25) is 4.98 Å². The van der Waals surface area contributed by atoms with Crippen molar-refractivity contribution in [3.8, 4) is 5.75 Å². The Kier molecular flexibility index (Phi) is 5.12. The fourth-order valence-corrected chi connectivity index (χ4v) is 1.28. The molecule has 0 aromatic carbocycles. The first-order valence-electron chi connectivity index (χ1n) is 5.44. The zero-order valence-electron chi connectivity index (χ0n) is 9.79. The van der Waals surface area contributed by atoms with Crippen LogP contribution in [0.2, 0.25) is 0 Å². The summed E-state index contributed by atoms with van der Waals surface area (Å²) in [5, 5.41) is 3.12. The quantitative estimate of drug-likeness (QED) is 0.778. The van der Waals surface area contributed by atoms with Crippen LogP contribution in [0, 0.1) is 5.92 Å². The molecule has 0 aliphatic heterocycles. The van der Waals surface area contributed by atoms with Gasteiger partial charge in [0.05, 0.1) is 12.8 Å². The zero-order valence-corrected chi connectivity index (χ0v) is 9.79. The number of nitrogens with one attached hydrogen (secondary N) is 1. The molecule has 15 heavy (non-hydrogen) atoms. The Morgan fingerprint density at radius 2 is 2.27 bits per heavy atom. The van der Waals surface area contributed by atoms with Crippen molar-refractivity contribution in [1.29, 1.82) is 0 Å². The van der Waals surface area contributed by atoms with Gasteiger partial charge in [-0.25, -0.2) is 0 Å². The predicted octanol–water partition coefficient (Wildman–Crippen LogP) is 2.23. The van der Waals surface area contributed by atoms with Gasteiger partial charge in [0.2, 0.25) is 0 Å². The van der Waals surface area contributed by atoms with Gasteiger partial charge in [0, 0.05) is 18.3 Å². The second-order valence-corrected chi connectivity index (χ2v) is 4.04. The third-order valence-corrected chi connectivity index (χ3v) is 2.19.